The van der Waals surface area contributed by atoms with Gasteiger partial charge < -0.3 is 0 Å². The summed E-state index contributed by atoms with van der Waals surface area (Å²) < 4.78 is 0. The van der Waals surface area contributed by atoms with Crippen LogP contribution >= 0.6 is 0 Å². The van der Waals surface area contributed by atoms with Gasteiger partial charge in [-0.1, -0.05) is 6.92 Å². The predicted molar refractivity (Wildman–Crippen MR) is 32.4 cm³/mol. The van der Waals surface area contributed by atoms with Crippen molar-refractivity contribution in [2.75, 3.05) is 0 Å². The molecule has 8 heavy (non-hydrogen) atoms. The maximum absolute atomic E-state index is 2.44. The zero-order valence-electron chi connectivity index (χ0n) is 5.35. The molecule has 0 aromatic rings. The first-order valence-corrected chi connectivity index (χ1v) is 3.86. The fourth-order valence-corrected chi connectivity index (χ4v) is 2.74. The molecule has 44 valence electrons. The van der Waals surface area contributed by atoms with Gasteiger partial charge in [-0.05, 0) is 42.4 Å². The number of rotatable bonds is 1. The van der Waals surface area contributed by atoms with Crippen molar-refractivity contribution in [3.63, 3.8) is 0 Å². The fraction of sp³-hybridized carbons (Fsp3) is 1.00. The molecule has 0 heterocycles. The van der Waals surface area contributed by atoms with Gasteiger partial charge in [0.1, 0.15) is 0 Å². The van der Waals surface area contributed by atoms with E-state index in [9.17, 15) is 0 Å². The molecule has 3 atom stereocenters. The summed E-state index contributed by atoms with van der Waals surface area (Å²) in [5.41, 5.74) is 0.986. The lowest BCUT2D eigenvalue weighted by molar-refractivity contribution is 0.467. The molecule has 3 rings (SSSR count). The summed E-state index contributed by atoms with van der Waals surface area (Å²) in [7, 11) is 0. The third-order valence-corrected chi connectivity index (χ3v) is 3.78. The van der Waals surface area contributed by atoms with Gasteiger partial charge in [0.15, 0.2) is 0 Å². The van der Waals surface area contributed by atoms with E-state index in [1.165, 1.54) is 11.8 Å². The van der Waals surface area contributed by atoms with Crippen LogP contribution in [0.3, 0.4) is 0 Å². The van der Waals surface area contributed by atoms with E-state index in [4.69, 9.17) is 0 Å². The summed E-state index contributed by atoms with van der Waals surface area (Å²) in [6.45, 7) is 2.44. The second kappa shape index (κ2) is 0.778. The van der Waals surface area contributed by atoms with Crippen molar-refractivity contribution in [3.8, 4) is 0 Å². The maximum Gasteiger partial charge on any atom is -0.0206 e. The van der Waals surface area contributed by atoms with Gasteiger partial charge in [0.2, 0.25) is 0 Å². The fourth-order valence-electron chi connectivity index (χ4n) is 2.74. The summed E-state index contributed by atoms with van der Waals surface area (Å²) in [5, 5.41) is 0. The molecule has 3 unspecified atom stereocenters. The van der Waals surface area contributed by atoms with E-state index in [-0.39, 0.29) is 0 Å². The lowest BCUT2D eigenvalue weighted by Crippen LogP contribution is -1.95. The summed E-state index contributed by atoms with van der Waals surface area (Å²) in [6.07, 6.45) is 4.75. The smallest absolute Gasteiger partial charge is 0.0206 e. The molecular formula is C8H12. The van der Waals surface area contributed by atoms with Gasteiger partial charge in [-0.3, -0.25) is 0 Å². The van der Waals surface area contributed by atoms with Crippen molar-refractivity contribution in [2.24, 2.45) is 23.2 Å². The molecule has 3 aliphatic rings. The van der Waals surface area contributed by atoms with Crippen molar-refractivity contribution >= 4 is 0 Å². The van der Waals surface area contributed by atoms with Gasteiger partial charge in [-0.2, -0.15) is 0 Å². The maximum atomic E-state index is 2.44. The molecule has 3 saturated carbocycles. The molecule has 0 nitrogen and oxygen atoms in total. The molecule has 3 aliphatic carbocycles. The van der Waals surface area contributed by atoms with Gasteiger partial charge in [0.05, 0.1) is 0 Å². The molecule has 0 N–H and O–H groups in total. The van der Waals surface area contributed by atoms with Crippen LogP contribution < -0.4 is 0 Å². The van der Waals surface area contributed by atoms with Crippen LogP contribution in [0.1, 0.15) is 26.2 Å². The largest absolute Gasteiger partial charge is 0.0617 e. The Morgan fingerprint density at radius 3 is 2.12 bits per heavy atom. The lowest BCUT2D eigenvalue weighted by Gasteiger charge is -2.02. The normalized spacial score (nSPS) is 67.1. The Hall–Kier alpha value is 0. The Labute approximate surface area is 50.3 Å². The van der Waals surface area contributed by atoms with E-state index in [1.807, 2.05) is 0 Å². The number of hydrogen-bond acceptors (Lipinski definition) is 0. The van der Waals surface area contributed by atoms with E-state index in [1.54, 1.807) is 19.3 Å². The third-order valence-electron chi connectivity index (χ3n) is 3.78. The topological polar surface area (TPSA) is 0 Å². The van der Waals surface area contributed by atoms with Crippen molar-refractivity contribution in [1.82, 2.24) is 0 Å². The van der Waals surface area contributed by atoms with E-state index in [2.05, 4.69) is 6.92 Å². The van der Waals surface area contributed by atoms with Gasteiger partial charge in [0.25, 0.3) is 0 Å². The van der Waals surface area contributed by atoms with Crippen LogP contribution in [0, 0.1) is 23.2 Å². The molecule has 0 spiro atoms. The average Bonchev–Trinajstić information content (AvgIpc) is 2.52. The van der Waals surface area contributed by atoms with Crippen molar-refractivity contribution in [1.29, 1.82) is 0 Å². The zero-order chi connectivity index (χ0) is 5.35. The first-order valence-electron chi connectivity index (χ1n) is 3.86. The van der Waals surface area contributed by atoms with Crippen LogP contribution in [0.5, 0.6) is 0 Å². The van der Waals surface area contributed by atoms with Gasteiger partial charge in [-0.15, -0.1) is 0 Å². The SMILES string of the molecule is CC1C2CC12C1CC1. The number of fused-ring (bicyclic) bond motifs is 1. The molecule has 3 fully saturated rings. The molecule has 0 aromatic carbocycles. The number of hydrogen-bond donors (Lipinski definition) is 0. The van der Waals surface area contributed by atoms with E-state index >= 15 is 0 Å². The molecule has 0 radical (unpaired) electrons. The Balaban J connectivity index is 1.90. The second-order valence-electron chi connectivity index (χ2n) is 3.99. The van der Waals surface area contributed by atoms with Gasteiger partial charge in [-0.25, -0.2) is 0 Å². The highest BCUT2D eigenvalue weighted by atomic mass is 14.8. The summed E-state index contributed by atoms with van der Waals surface area (Å²) in [4.78, 5) is 0. The molecule has 0 aromatic heterocycles. The van der Waals surface area contributed by atoms with E-state index in [0.29, 0.717) is 0 Å². The van der Waals surface area contributed by atoms with Crippen molar-refractivity contribution < 1.29 is 0 Å². The monoisotopic (exact) mass is 108 g/mol. The zero-order valence-corrected chi connectivity index (χ0v) is 5.35. The minimum absolute atomic E-state index is 0.986. The van der Waals surface area contributed by atoms with Crippen LogP contribution in [-0.4, -0.2) is 0 Å². The molecule has 0 saturated heterocycles. The standard InChI is InChI=1S/C8H12/c1-5-7-4-8(5,7)6-2-3-6/h5-7H,2-4H2,1H3. The summed E-state index contributed by atoms with van der Waals surface area (Å²) in [6, 6.07) is 0. The van der Waals surface area contributed by atoms with E-state index in [0.717, 1.165) is 11.3 Å². The highest BCUT2D eigenvalue weighted by molar-refractivity contribution is 5.28. The minimum atomic E-state index is 0.986. The quantitative estimate of drug-likeness (QED) is 0.482. The van der Waals surface area contributed by atoms with Gasteiger partial charge >= 0.3 is 0 Å². The first kappa shape index (κ1) is 3.92. The molecule has 0 aliphatic heterocycles. The minimum Gasteiger partial charge on any atom is -0.0617 e. The summed E-state index contributed by atoms with van der Waals surface area (Å²) >= 11 is 0. The van der Waals surface area contributed by atoms with Crippen LogP contribution in [0.4, 0.5) is 0 Å². The molecule has 0 amide bonds. The highest BCUT2D eigenvalue weighted by Gasteiger charge is 2.80. The predicted octanol–water partition coefficient (Wildman–Crippen LogP) is 2.05. The van der Waals surface area contributed by atoms with Crippen LogP contribution in [0.15, 0.2) is 0 Å². The summed E-state index contributed by atoms with van der Waals surface area (Å²) in [5.74, 6) is 3.58. The van der Waals surface area contributed by atoms with Crippen molar-refractivity contribution in [3.05, 3.63) is 0 Å². The Kier molecular flexibility index (Phi) is 0.381. The van der Waals surface area contributed by atoms with E-state index < -0.39 is 0 Å². The lowest BCUT2D eigenvalue weighted by atomic mass is 10.0. The first-order chi connectivity index (χ1) is 3.86. The Bertz CT molecular complexity index is 140. The van der Waals surface area contributed by atoms with Crippen LogP contribution in [0.25, 0.3) is 0 Å². The molecule has 0 bridgehead atoms. The molecule has 0 heteroatoms. The molecular weight excluding hydrogens is 96.1 g/mol. The van der Waals surface area contributed by atoms with Crippen LogP contribution in [-0.2, 0) is 0 Å². The Morgan fingerprint density at radius 2 is 2.00 bits per heavy atom. The second-order valence-corrected chi connectivity index (χ2v) is 3.99. The average molecular weight is 108 g/mol. The van der Waals surface area contributed by atoms with Crippen LogP contribution in [0.2, 0.25) is 0 Å². The van der Waals surface area contributed by atoms with Crippen molar-refractivity contribution in [2.45, 2.75) is 26.2 Å². The van der Waals surface area contributed by atoms with Gasteiger partial charge in [0, 0.05) is 0 Å². The third kappa shape index (κ3) is 0.222. The Morgan fingerprint density at radius 1 is 1.38 bits per heavy atom. The highest BCUT2D eigenvalue weighted by Crippen LogP contribution is 2.86.